The van der Waals surface area contributed by atoms with Crippen LogP contribution in [0, 0.1) is 5.41 Å². The van der Waals surface area contributed by atoms with Crippen molar-refractivity contribution in [1.82, 2.24) is 0 Å². The molecule has 2 heterocycles. The highest BCUT2D eigenvalue weighted by atomic mass is 32.2. The largest absolute Gasteiger partial charge is 0.465 e. The van der Waals surface area contributed by atoms with Crippen molar-refractivity contribution in [3.8, 4) is 0 Å². The molecule has 4 nitrogen and oxygen atoms in total. The third-order valence-electron chi connectivity index (χ3n) is 5.49. The molecular formula is C15H21F3O4S. The molecule has 132 valence electrons. The smallest absolute Gasteiger partial charge is 0.427 e. The third kappa shape index (κ3) is 2.40. The van der Waals surface area contributed by atoms with Crippen LogP contribution < -0.4 is 0 Å². The first-order valence-corrected chi connectivity index (χ1v) is 8.85. The van der Waals surface area contributed by atoms with E-state index in [0.29, 0.717) is 24.6 Å². The molecule has 1 N–H and O–H groups in total. The molecule has 0 aromatic carbocycles. The molecule has 1 aliphatic carbocycles. The Morgan fingerprint density at radius 3 is 2.57 bits per heavy atom. The highest BCUT2D eigenvalue weighted by Gasteiger charge is 2.77. The molecule has 3 rings (SSSR count). The van der Waals surface area contributed by atoms with Crippen LogP contribution in [-0.4, -0.2) is 46.2 Å². The highest BCUT2D eigenvalue weighted by Crippen LogP contribution is 2.67. The number of hydrogen-bond acceptors (Lipinski definition) is 5. The maximum atomic E-state index is 13.6. The van der Waals surface area contributed by atoms with Gasteiger partial charge in [0.15, 0.2) is 0 Å². The van der Waals surface area contributed by atoms with E-state index in [1.165, 1.54) is 0 Å². The molecule has 0 aromatic heterocycles. The van der Waals surface area contributed by atoms with Crippen molar-refractivity contribution in [2.75, 3.05) is 13.2 Å². The van der Waals surface area contributed by atoms with Crippen LogP contribution in [0.15, 0.2) is 0 Å². The van der Waals surface area contributed by atoms with E-state index in [-0.39, 0.29) is 13.2 Å². The summed E-state index contributed by atoms with van der Waals surface area (Å²) in [6.07, 6.45) is -1.46. The van der Waals surface area contributed by atoms with Crippen molar-refractivity contribution in [1.29, 1.82) is 0 Å². The average Bonchev–Trinajstić information content (AvgIpc) is 2.77. The zero-order chi connectivity index (χ0) is 16.9. The first-order chi connectivity index (χ1) is 10.7. The first-order valence-electron chi connectivity index (χ1n) is 7.97. The molecule has 2 saturated heterocycles. The minimum atomic E-state index is -4.65. The maximum Gasteiger partial charge on any atom is 0.427 e. The van der Waals surface area contributed by atoms with Crippen molar-refractivity contribution >= 4 is 17.7 Å². The third-order valence-corrected chi connectivity index (χ3v) is 7.18. The Hall–Kier alpha value is -0.470. The number of esters is 1. The quantitative estimate of drug-likeness (QED) is 0.773. The van der Waals surface area contributed by atoms with Crippen molar-refractivity contribution in [3.63, 3.8) is 0 Å². The number of hydrogen-bond donors (Lipinski definition) is 1. The molecule has 8 heteroatoms. The Kier molecular flexibility index (Phi) is 4.17. The summed E-state index contributed by atoms with van der Waals surface area (Å²) in [5, 5.41) is 10.0. The fraction of sp³-hybridized carbons (Fsp3) is 0.933. The highest BCUT2D eigenvalue weighted by molar-refractivity contribution is 8.02. The van der Waals surface area contributed by atoms with Gasteiger partial charge in [-0.2, -0.15) is 13.2 Å². The van der Waals surface area contributed by atoms with E-state index in [1.807, 2.05) is 0 Å². The van der Waals surface area contributed by atoms with Crippen LogP contribution in [0.5, 0.6) is 0 Å². The number of carbonyl (C=O) groups excluding carboxylic acids is 1. The summed E-state index contributed by atoms with van der Waals surface area (Å²) in [5.41, 5.74) is -2.53. The zero-order valence-electron chi connectivity index (χ0n) is 12.9. The van der Waals surface area contributed by atoms with Gasteiger partial charge in [0.25, 0.3) is 0 Å². The topological polar surface area (TPSA) is 55.8 Å². The number of carbonyl (C=O) groups is 1. The van der Waals surface area contributed by atoms with Gasteiger partial charge in [0.2, 0.25) is 4.93 Å². The molecule has 2 bridgehead atoms. The SMILES string of the molecule is CCOC(=O)[C@H]1S[C@]2(C(F)(F)F)C[C@]1(O)C1(CCCCC1)CO2. The van der Waals surface area contributed by atoms with E-state index in [4.69, 9.17) is 9.47 Å². The summed E-state index contributed by atoms with van der Waals surface area (Å²) in [7, 11) is 0. The fourth-order valence-corrected chi connectivity index (χ4v) is 5.86. The van der Waals surface area contributed by atoms with Crippen molar-refractivity contribution < 1.29 is 32.5 Å². The average molecular weight is 354 g/mol. The summed E-state index contributed by atoms with van der Waals surface area (Å²) in [4.78, 5) is 9.75. The Bertz CT molecular complexity index is 492. The van der Waals surface area contributed by atoms with E-state index in [9.17, 15) is 23.1 Å². The molecule has 3 atom stereocenters. The minimum Gasteiger partial charge on any atom is -0.465 e. The fourth-order valence-electron chi connectivity index (χ4n) is 4.22. The number of thioether (sulfide) groups is 1. The van der Waals surface area contributed by atoms with Crippen LogP contribution in [0.3, 0.4) is 0 Å². The lowest BCUT2D eigenvalue weighted by molar-refractivity contribution is -0.295. The number of aliphatic hydroxyl groups is 1. The molecule has 0 unspecified atom stereocenters. The van der Waals surface area contributed by atoms with Crippen LogP contribution in [0.2, 0.25) is 0 Å². The standard InChI is InChI=1S/C15H21F3O4S/c1-2-21-11(19)10-13(20)8-14(23-10,15(16,17)18)22-9-12(13)6-4-3-5-7-12/h10,20H,2-9H2,1H3/t10-,13-,14+/m1/s1. The molecule has 3 fully saturated rings. The van der Waals surface area contributed by atoms with Gasteiger partial charge in [0.05, 0.1) is 18.8 Å². The van der Waals surface area contributed by atoms with E-state index in [0.717, 1.165) is 19.3 Å². The summed E-state index contributed by atoms with van der Waals surface area (Å²) in [5.74, 6) is -0.776. The zero-order valence-corrected chi connectivity index (χ0v) is 13.8. The van der Waals surface area contributed by atoms with E-state index in [2.05, 4.69) is 0 Å². The lowest BCUT2D eigenvalue weighted by Crippen LogP contribution is -2.63. The lowest BCUT2D eigenvalue weighted by Gasteiger charge is -2.53. The van der Waals surface area contributed by atoms with Gasteiger partial charge in [-0.15, -0.1) is 0 Å². The maximum absolute atomic E-state index is 13.6. The van der Waals surface area contributed by atoms with Crippen molar-refractivity contribution in [3.05, 3.63) is 0 Å². The van der Waals surface area contributed by atoms with Crippen molar-refractivity contribution in [2.24, 2.45) is 5.41 Å². The number of fused-ring (bicyclic) bond motifs is 3. The Labute approximate surface area is 137 Å². The summed E-state index contributed by atoms with van der Waals surface area (Å²) in [6.45, 7) is 1.50. The molecule has 1 spiro atoms. The van der Waals surface area contributed by atoms with Gasteiger partial charge in [-0.05, 0) is 19.8 Å². The number of ether oxygens (including phenoxy) is 2. The molecule has 1 saturated carbocycles. The van der Waals surface area contributed by atoms with Crippen LogP contribution in [-0.2, 0) is 14.3 Å². The molecule has 0 amide bonds. The normalized spacial score (nSPS) is 39.4. The van der Waals surface area contributed by atoms with E-state index >= 15 is 0 Å². The van der Waals surface area contributed by atoms with Crippen LogP contribution in [0.4, 0.5) is 13.2 Å². The van der Waals surface area contributed by atoms with Gasteiger partial charge in [0.1, 0.15) is 5.25 Å². The van der Waals surface area contributed by atoms with Crippen LogP contribution in [0.1, 0.15) is 45.4 Å². The molecule has 0 radical (unpaired) electrons. The van der Waals surface area contributed by atoms with Crippen LogP contribution in [0.25, 0.3) is 0 Å². The van der Waals surface area contributed by atoms with Crippen LogP contribution >= 0.6 is 11.8 Å². The van der Waals surface area contributed by atoms with Crippen molar-refractivity contribution in [2.45, 2.75) is 67.4 Å². The van der Waals surface area contributed by atoms with Gasteiger partial charge in [-0.3, -0.25) is 4.79 Å². The summed E-state index contributed by atoms with van der Waals surface area (Å²) < 4.78 is 50.9. The van der Waals surface area contributed by atoms with Gasteiger partial charge < -0.3 is 14.6 Å². The second-order valence-electron chi connectivity index (χ2n) is 6.73. The molecule has 2 aliphatic heterocycles. The van der Waals surface area contributed by atoms with Gasteiger partial charge >= 0.3 is 12.1 Å². The predicted molar refractivity (Wildman–Crippen MR) is 77.8 cm³/mol. The van der Waals surface area contributed by atoms with Gasteiger partial charge in [0, 0.05) is 11.8 Å². The Morgan fingerprint density at radius 2 is 2.00 bits per heavy atom. The molecule has 23 heavy (non-hydrogen) atoms. The van der Waals surface area contributed by atoms with Gasteiger partial charge in [-0.25, -0.2) is 0 Å². The van der Waals surface area contributed by atoms with Gasteiger partial charge in [-0.1, -0.05) is 31.0 Å². The summed E-state index contributed by atoms with van der Waals surface area (Å²) >= 11 is 0.378. The monoisotopic (exact) mass is 354 g/mol. The van der Waals surface area contributed by atoms with E-state index in [1.54, 1.807) is 6.92 Å². The summed E-state index contributed by atoms with van der Waals surface area (Å²) in [6, 6.07) is 0. The first kappa shape index (κ1) is 17.4. The molecular weight excluding hydrogens is 333 g/mol. The lowest BCUT2D eigenvalue weighted by atomic mass is 9.59. The predicted octanol–water partition coefficient (Wildman–Crippen LogP) is 3.03. The Morgan fingerprint density at radius 1 is 1.35 bits per heavy atom. The van der Waals surface area contributed by atoms with E-state index < -0.39 is 39.8 Å². The molecule has 3 aliphatic rings. The molecule has 0 aromatic rings. The number of alkyl halides is 3. The number of rotatable bonds is 2. The number of halogens is 3. The second-order valence-corrected chi connectivity index (χ2v) is 8.10. The minimum absolute atomic E-state index is 0.0683. The Balaban J connectivity index is 2.01. The second kappa shape index (κ2) is 5.52.